The second-order valence-electron chi connectivity index (χ2n) is 9.29. The molecule has 0 saturated carbocycles. The SMILES string of the molecule is CC(=O)OCc1ccc(NC(=O)CNC(=O)C(NC(=O)CN(C)C(C)C)C(C)C)cc1C(=O)NCC(=O)O. The van der Waals surface area contributed by atoms with Crippen LogP contribution in [0.25, 0.3) is 0 Å². The number of benzene rings is 1. The molecule has 1 unspecified atom stereocenters. The molecule has 13 nitrogen and oxygen atoms in total. The number of carboxylic acids is 1. The summed E-state index contributed by atoms with van der Waals surface area (Å²) in [5.41, 5.74) is 0.498. The Hall–Kier alpha value is -4.00. The average molecular weight is 536 g/mol. The molecule has 4 amide bonds. The molecule has 1 rings (SSSR count). The van der Waals surface area contributed by atoms with Gasteiger partial charge >= 0.3 is 11.9 Å². The van der Waals surface area contributed by atoms with Crippen molar-refractivity contribution in [2.24, 2.45) is 5.92 Å². The van der Waals surface area contributed by atoms with Crippen LogP contribution in [-0.2, 0) is 35.3 Å². The highest BCUT2D eigenvalue weighted by molar-refractivity contribution is 6.00. The number of likely N-dealkylation sites (N-methyl/N-ethyl adjacent to an activating group) is 1. The number of carboxylic acid groups (broad SMARTS) is 1. The predicted octanol–water partition coefficient (Wildman–Crippen LogP) is 0.0998. The summed E-state index contributed by atoms with van der Waals surface area (Å²) in [6.45, 7) is 7.47. The van der Waals surface area contributed by atoms with Crippen molar-refractivity contribution < 1.29 is 38.6 Å². The summed E-state index contributed by atoms with van der Waals surface area (Å²) in [4.78, 5) is 73.7. The van der Waals surface area contributed by atoms with E-state index in [1.807, 2.05) is 18.7 Å². The highest BCUT2D eigenvalue weighted by Crippen LogP contribution is 2.17. The van der Waals surface area contributed by atoms with Crippen LogP contribution < -0.4 is 21.3 Å². The molecule has 0 aromatic heterocycles. The van der Waals surface area contributed by atoms with Crippen LogP contribution in [0.1, 0.15) is 50.5 Å². The van der Waals surface area contributed by atoms with Crippen molar-refractivity contribution in [3.63, 3.8) is 0 Å². The maximum absolute atomic E-state index is 12.7. The summed E-state index contributed by atoms with van der Waals surface area (Å²) in [5.74, 6) is -4.24. The average Bonchev–Trinajstić information content (AvgIpc) is 2.83. The maximum atomic E-state index is 12.7. The number of carbonyl (C=O) groups excluding carboxylic acids is 5. The van der Waals surface area contributed by atoms with Crippen molar-refractivity contribution in [1.82, 2.24) is 20.9 Å². The normalized spacial score (nSPS) is 11.6. The van der Waals surface area contributed by atoms with Crippen molar-refractivity contribution in [1.29, 1.82) is 0 Å². The van der Waals surface area contributed by atoms with Gasteiger partial charge in [0.15, 0.2) is 0 Å². The lowest BCUT2D eigenvalue weighted by Gasteiger charge is -2.25. The van der Waals surface area contributed by atoms with E-state index < -0.39 is 48.8 Å². The standard InChI is InChI=1S/C25H37N5O8/c1-14(2)23(29-21(33)12-30(6)15(3)4)25(37)26-10-20(32)28-18-8-7-17(13-38-16(5)31)19(9-18)24(36)27-11-22(34)35/h7-9,14-15,23H,10-13H2,1-6H3,(H,26,37)(H,27,36)(H,28,32)(H,29,33)(H,34,35). The van der Waals surface area contributed by atoms with Gasteiger partial charge in [-0.15, -0.1) is 0 Å². The van der Waals surface area contributed by atoms with Gasteiger partial charge in [-0.25, -0.2) is 0 Å². The summed E-state index contributed by atoms with van der Waals surface area (Å²) in [6, 6.07) is 3.52. The van der Waals surface area contributed by atoms with Gasteiger partial charge in [0.1, 0.15) is 19.2 Å². The van der Waals surface area contributed by atoms with E-state index in [9.17, 15) is 28.8 Å². The summed E-state index contributed by atoms with van der Waals surface area (Å²) >= 11 is 0. The van der Waals surface area contributed by atoms with E-state index in [1.54, 1.807) is 20.9 Å². The second kappa shape index (κ2) is 15.3. The van der Waals surface area contributed by atoms with Gasteiger partial charge in [0, 0.05) is 29.8 Å². The molecule has 1 aromatic rings. The molecule has 0 fully saturated rings. The molecule has 1 aromatic carbocycles. The first-order valence-electron chi connectivity index (χ1n) is 12.0. The fraction of sp³-hybridized carbons (Fsp3) is 0.520. The van der Waals surface area contributed by atoms with Crippen molar-refractivity contribution in [3.8, 4) is 0 Å². The summed E-state index contributed by atoms with van der Waals surface area (Å²) in [5, 5.41) is 18.8. The number of ether oxygens (including phenoxy) is 1. The van der Waals surface area contributed by atoms with Gasteiger partial charge in [-0.2, -0.15) is 0 Å². The number of nitrogens with zero attached hydrogens (tertiary/aromatic N) is 1. The number of aliphatic carboxylic acids is 1. The van der Waals surface area contributed by atoms with E-state index in [0.29, 0.717) is 5.56 Å². The molecule has 0 aliphatic carbocycles. The van der Waals surface area contributed by atoms with Crippen molar-refractivity contribution in [2.75, 3.05) is 32.0 Å². The zero-order valence-electron chi connectivity index (χ0n) is 22.5. The minimum Gasteiger partial charge on any atom is -0.480 e. The van der Waals surface area contributed by atoms with Crippen LogP contribution in [0.3, 0.4) is 0 Å². The van der Waals surface area contributed by atoms with E-state index in [0.717, 1.165) is 0 Å². The van der Waals surface area contributed by atoms with Crippen LogP contribution >= 0.6 is 0 Å². The van der Waals surface area contributed by atoms with Gasteiger partial charge in [0.05, 0.1) is 13.1 Å². The van der Waals surface area contributed by atoms with Gasteiger partial charge < -0.3 is 31.1 Å². The fourth-order valence-electron chi connectivity index (χ4n) is 3.07. The van der Waals surface area contributed by atoms with Gasteiger partial charge in [-0.05, 0) is 38.9 Å². The Balaban J connectivity index is 2.85. The minimum absolute atomic E-state index is 0.00304. The summed E-state index contributed by atoms with van der Waals surface area (Å²) in [6.07, 6.45) is 0. The number of nitrogens with one attached hydrogen (secondary N) is 4. The first kappa shape index (κ1) is 32.0. The minimum atomic E-state index is -1.25. The van der Waals surface area contributed by atoms with Crippen LogP contribution in [0, 0.1) is 5.92 Å². The van der Waals surface area contributed by atoms with Gasteiger partial charge in [0.25, 0.3) is 5.91 Å². The Morgan fingerprint density at radius 3 is 2.18 bits per heavy atom. The Labute approximate surface area is 221 Å². The van der Waals surface area contributed by atoms with E-state index in [-0.39, 0.29) is 42.3 Å². The smallest absolute Gasteiger partial charge is 0.322 e. The number of carbonyl (C=O) groups is 6. The molecule has 0 aliphatic heterocycles. The lowest BCUT2D eigenvalue weighted by atomic mass is 10.0. The third-order valence-corrected chi connectivity index (χ3v) is 5.43. The highest BCUT2D eigenvalue weighted by Gasteiger charge is 2.25. The Morgan fingerprint density at radius 1 is 0.974 bits per heavy atom. The predicted molar refractivity (Wildman–Crippen MR) is 138 cm³/mol. The maximum Gasteiger partial charge on any atom is 0.322 e. The highest BCUT2D eigenvalue weighted by atomic mass is 16.5. The van der Waals surface area contributed by atoms with Crippen LogP contribution in [0.2, 0.25) is 0 Å². The monoisotopic (exact) mass is 535 g/mol. The fourth-order valence-corrected chi connectivity index (χ4v) is 3.07. The topological polar surface area (TPSA) is 183 Å². The molecule has 0 aliphatic rings. The first-order valence-corrected chi connectivity index (χ1v) is 12.0. The molecule has 38 heavy (non-hydrogen) atoms. The number of rotatable bonds is 14. The Morgan fingerprint density at radius 2 is 1.63 bits per heavy atom. The van der Waals surface area contributed by atoms with Gasteiger partial charge in [-0.3, -0.25) is 33.7 Å². The van der Waals surface area contributed by atoms with Crippen LogP contribution in [-0.4, -0.2) is 84.3 Å². The first-order chi connectivity index (χ1) is 17.7. The molecule has 1 atom stereocenters. The number of esters is 1. The van der Waals surface area contributed by atoms with Crippen LogP contribution in [0.5, 0.6) is 0 Å². The third kappa shape index (κ3) is 11.4. The summed E-state index contributed by atoms with van der Waals surface area (Å²) in [7, 11) is 1.79. The molecule has 0 heterocycles. The quantitative estimate of drug-likeness (QED) is 0.206. The zero-order valence-corrected chi connectivity index (χ0v) is 22.5. The van der Waals surface area contributed by atoms with Crippen molar-refractivity contribution in [3.05, 3.63) is 29.3 Å². The van der Waals surface area contributed by atoms with Crippen molar-refractivity contribution >= 4 is 41.3 Å². The van der Waals surface area contributed by atoms with E-state index in [2.05, 4.69) is 21.3 Å². The molecule has 13 heteroatoms. The number of hydrogen-bond acceptors (Lipinski definition) is 8. The molecule has 0 bridgehead atoms. The number of hydrogen-bond donors (Lipinski definition) is 5. The summed E-state index contributed by atoms with van der Waals surface area (Å²) < 4.78 is 4.93. The van der Waals surface area contributed by atoms with Gasteiger partial charge in [-0.1, -0.05) is 19.9 Å². The molecular weight excluding hydrogens is 498 g/mol. The van der Waals surface area contributed by atoms with E-state index >= 15 is 0 Å². The number of anilines is 1. The Kier molecular flexibility index (Phi) is 12.9. The third-order valence-electron chi connectivity index (χ3n) is 5.43. The van der Waals surface area contributed by atoms with Crippen LogP contribution in [0.15, 0.2) is 18.2 Å². The lowest BCUT2D eigenvalue weighted by molar-refractivity contribution is -0.142. The van der Waals surface area contributed by atoms with Crippen LogP contribution in [0.4, 0.5) is 5.69 Å². The van der Waals surface area contributed by atoms with Crippen molar-refractivity contribution in [2.45, 2.75) is 53.3 Å². The second-order valence-corrected chi connectivity index (χ2v) is 9.29. The lowest BCUT2D eigenvalue weighted by Crippen LogP contribution is -2.53. The molecule has 0 spiro atoms. The molecule has 210 valence electrons. The molecule has 0 radical (unpaired) electrons. The molecule has 5 N–H and O–H groups in total. The van der Waals surface area contributed by atoms with E-state index in [4.69, 9.17) is 9.84 Å². The molecular formula is C25H37N5O8. The molecule has 0 saturated heterocycles. The van der Waals surface area contributed by atoms with E-state index in [1.165, 1.54) is 25.1 Å². The zero-order chi connectivity index (χ0) is 29.0. The number of amides is 4. The largest absolute Gasteiger partial charge is 0.480 e. The Bertz CT molecular complexity index is 1040. The van der Waals surface area contributed by atoms with Gasteiger partial charge in [0.2, 0.25) is 17.7 Å².